The van der Waals surface area contributed by atoms with E-state index in [-0.39, 0.29) is 5.75 Å². The zero-order valence-corrected chi connectivity index (χ0v) is 11.8. The highest BCUT2D eigenvalue weighted by molar-refractivity contribution is 7.89. The molecule has 0 bridgehead atoms. The summed E-state index contributed by atoms with van der Waals surface area (Å²) in [6.45, 7) is 2.99. The number of para-hydroxylation sites is 1. The molecule has 0 unspecified atom stereocenters. The van der Waals surface area contributed by atoms with Crippen molar-refractivity contribution in [3.05, 3.63) is 35.5 Å². The molecule has 1 N–H and O–H groups in total. The first-order valence-electron chi connectivity index (χ1n) is 6.68. The number of aromatic amines is 1. The second-order valence-electron chi connectivity index (χ2n) is 5.03. The Morgan fingerprint density at radius 2 is 2.11 bits per heavy atom. The normalized spacial score (nSPS) is 16.7. The summed E-state index contributed by atoms with van der Waals surface area (Å²) in [6.07, 6.45) is 1.44. The minimum Gasteiger partial charge on any atom is -0.358 e. The van der Waals surface area contributed by atoms with Crippen LogP contribution in [0.1, 0.15) is 24.6 Å². The van der Waals surface area contributed by atoms with Crippen LogP contribution in [0.5, 0.6) is 0 Å². The van der Waals surface area contributed by atoms with Crippen molar-refractivity contribution < 1.29 is 8.42 Å². The number of sulfonamides is 1. The number of nitrogens with zero attached hydrogens (tertiary/aromatic N) is 1. The maximum Gasteiger partial charge on any atom is 0.214 e. The second kappa shape index (κ2) is 4.65. The van der Waals surface area contributed by atoms with Crippen LogP contribution in [0.3, 0.4) is 0 Å². The number of rotatable bonds is 3. The van der Waals surface area contributed by atoms with Crippen LogP contribution in [0.4, 0.5) is 0 Å². The van der Waals surface area contributed by atoms with Crippen LogP contribution in [0.2, 0.25) is 0 Å². The van der Waals surface area contributed by atoms with E-state index in [1.54, 1.807) is 4.31 Å². The summed E-state index contributed by atoms with van der Waals surface area (Å²) < 4.78 is 26.0. The Labute approximate surface area is 113 Å². The molecule has 1 aromatic heterocycles. The summed E-state index contributed by atoms with van der Waals surface area (Å²) in [6, 6.07) is 8.09. The zero-order chi connectivity index (χ0) is 13.5. The topological polar surface area (TPSA) is 53.2 Å². The molecule has 0 spiro atoms. The molecule has 0 atom stereocenters. The fourth-order valence-corrected chi connectivity index (χ4v) is 4.24. The Morgan fingerprint density at radius 3 is 2.89 bits per heavy atom. The van der Waals surface area contributed by atoms with Crippen molar-refractivity contribution in [3.63, 3.8) is 0 Å². The lowest BCUT2D eigenvalue weighted by molar-refractivity contribution is 0.391. The third-order valence-electron chi connectivity index (χ3n) is 3.70. The van der Waals surface area contributed by atoms with Crippen LogP contribution >= 0.6 is 0 Å². The Morgan fingerprint density at radius 1 is 1.32 bits per heavy atom. The number of nitrogens with one attached hydrogen (secondary N) is 1. The van der Waals surface area contributed by atoms with Crippen molar-refractivity contribution in [1.29, 1.82) is 0 Å². The van der Waals surface area contributed by atoms with E-state index >= 15 is 0 Å². The fraction of sp³-hybridized carbons (Fsp3) is 0.429. The van der Waals surface area contributed by atoms with Gasteiger partial charge in [0.1, 0.15) is 0 Å². The lowest BCUT2D eigenvalue weighted by Gasteiger charge is -2.26. The third-order valence-corrected chi connectivity index (χ3v) is 5.73. The van der Waals surface area contributed by atoms with Crippen LogP contribution in [0.15, 0.2) is 24.3 Å². The quantitative estimate of drug-likeness (QED) is 0.936. The first kappa shape index (κ1) is 12.7. The Bertz CT molecular complexity index is 703. The lowest BCUT2D eigenvalue weighted by atomic mass is 10.1. The van der Waals surface area contributed by atoms with E-state index in [9.17, 15) is 8.42 Å². The van der Waals surface area contributed by atoms with Gasteiger partial charge >= 0.3 is 0 Å². The van der Waals surface area contributed by atoms with Gasteiger partial charge in [-0.25, -0.2) is 8.42 Å². The molecular formula is C14H18N2O2S. The van der Waals surface area contributed by atoms with E-state index in [2.05, 4.69) is 11.1 Å². The van der Waals surface area contributed by atoms with E-state index in [4.69, 9.17) is 0 Å². The Hall–Kier alpha value is -1.33. The molecule has 1 aliphatic heterocycles. The standard InChI is InChI=1S/C14H18N2O2S/c1-2-9-19(17,18)16-8-7-14-12(10-16)11-5-3-4-6-13(11)15-14/h3-6,15H,2,7-10H2,1H3. The molecule has 0 radical (unpaired) electrons. The summed E-state index contributed by atoms with van der Waals surface area (Å²) in [5, 5.41) is 1.15. The van der Waals surface area contributed by atoms with Crippen LogP contribution < -0.4 is 0 Å². The third kappa shape index (κ3) is 2.17. The summed E-state index contributed by atoms with van der Waals surface area (Å²) in [5.74, 6) is 0.241. The minimum absolute atomic E-state index is 0.241. The van der Waals surface area contributed by atoms with Crippen LogP contribution in [0.25, 0.3) is 10.9 Å². The largest absolute Gasteiger partial charge is 0.358 e. The highest BCUT2D eigenvalue weighted by Gasteiger charge is 2.27. The molecule has 0 amide bonds. The fourth-order valence-electron chi connectivity index (χ4n) is 2.77. The first-order chi connectivity index (χ1) is 9.12. The van der Waals surface area contributed by atoms with Crippen molar-refractivity contribution in [2.24, 2.45) is 0 Å². The van der Waals surface area contributed by atoms with Crippen molar-refractivity contribution in [3.8, 4) is 0 Å². The van der Waals surface area contributed by atoms with E-state index in [1.807, 2.05) is 25.1 Å². The zero-order valence-electron chi connectivity index (χ0n) is 11.0. The van der Waals surface area contributed by atoms with Crippen molar-refractivity contribution >= 4 is 20.9 Å². The van der Waals surface area contributed by atoms with Crippen molar-refractivity contribution in [2.75, 3.05) is 12.3 Å². The number of H-pyrrole nitrogens is 1. The molecule has 2 aromatic rings. The van der Waals surface area contributed by atoms with Crippen LogP contribution in [-0.2, 0) is 23.0 Å². The molecule has 0 saturated carbocycles. The van der Waals surface area contributed by atoms with Gasteiger partial charge in [-0.3, -0.25) is 0 Å². The molecule has 4 nitrogen and oxygen atoms in total. The van der Waals surface area contributed by atoms with Gasteiger partial charge in [0.2, 0.25) is 10.0 Å². The predicted octanol–water partition coefficient (Wildman–Crippen LogP) is 2.27. The first-order valence-corrected chi connectivity index (χ1v) is 8.29. The highest BCUT2D eigenvalue weighted by Crippen LogP contribution is 2.28. The minimum atomic E-state index is -3.10. The van der Waals surface area contributed by atoms with Gasteiger partial charge in [-0.2, -0.15) is 4.31 Å². The average molecular weight is 278 g/mol. The van der Waals surface area contributed by atoms with Crippen molar-refractivity contribution in [2.45, 2.75) is 26.3 Å². The highest BCUT2D eigenvalue weighted by atomic mass is 32.2. The maximum atomic E-state index is 12.2. The van der Waals surface area contributed by atoms with E-state index < -0.39 is 10.0 Å². The second-order valence-corrected chi connectivity index (χ2v) is 7.12. The van der Waals surface area contributed by atoms with E-state index in [0.717, 1.165) is 22.9 Å². The van der Waals surface area contributed by atoms with Gasteiger partial charge < -0.3 is 4.98 Å². The lowest BCUT2D eigenvalue weighted by Crippen LogP contribution is -2.37. The number of fused-ring (bicyclic) bond motifs is 3. The molecule has 2 heterocycles. The van der Waals surface area contributed by atoms with Gasteiger partial charge in [0.05, 0.1) is 5.75 Å². The molecule has 0 saturated heterocycles. The molecule has 0 aliphatic carbocycles. The van der Waals surface area contributed by atoms with E-state index in [0.29, 0.717) is 19.5 Å². The summed E-state index contributed by atoms with van der Waals surface area (Å²) in [4.78, 5) is 3.40. The summed E-state index contributed by atoms with van der Waals surface area (Å²) in [5.41, 5.74) is 3.42. The van der Waals surface area contributed by atoms with Crippen LogP contribution in [0, 0.1) is 0 Å². The molecule has 3 rings (SSSR count). The summed E-state index contributed by atoms with van der Waals surface area (Å²) >= 11 is 0. The van der Waals surface area contributed by atoms with Gasteiger partial charge in [0.25, 0.3) is 0 Å². The van der Waals surface area contributed by atoms with Gasteiger partial charge in [0.15, 0.2) is 0 Å². The molecule has 5 heteroatoms. The monoisotopic (exact) mass is 278 g/mol. The molecule has 102 valence electrons. The number of hydrogen-bond acceptors (Lipinski definition) is 2. The van der Waals surface area contributed by atoms with Crippen molar-refractivity contribution in [1.82, 2.24) is 9.29 Å². The smallest absolute Gasteiger partial charge is 0.214 e. The average Bonchev–Trinajstić information content (AvgIpc) is 2.76. The predicted molar refractivity (Wildman–Crippen MR) is 76.5 cm³/mol. The van der Waals surface area contributed by atoms with Gasteiger partial charge in [-0.15, -0.1) is 0 Å². The van der Waals surface area contributed by atoms with E-state index in [1.165, 1.54) is 5.69 Å². The molecular weight excluding hydrogens is 260 g/mol. The molecule has 1 aromatic carbocycles. The van der Waals surface area contributed by atoms with Gasteiger partial charge in [0, 0.05) is 36.1 Å². The van der Waals surface area contributed by atoms with Crippen LogP contribution in [-0.4, -0.2) is 30.0 Å². The number of hydrogen-bond donors (Lipinski definition) is 1. The molecule has 0 fully saturated rings. The maximum absolute atomic E-state index is 12.2. The molecule has 1 aliphatic rings. The Kier molecular flexibility index (Phi) is 3.11. The SMILES string of the molecule is CCCS(=O)(=O)N1CCc2[nH]c3ccccc3c2C1. The summed E-state index contributed by atoms with van der Waals surface area (Å²) in [7, 11) is -3.10. The molecule has 19 heavy (non-hydrogen) atoms. The number of aromatic nitrogens is 1. The van der Waals surface area contributed by atoms with Gasteiger partial charge in [-0.1, -0.05) is 25.1 Å². The van der Waals surface area contributed by atoms with Gasteiger partial charge in [-0.05, 0) is 18.1 Å². The Balaban J connectivity index is 1.99. The number of benzene rings is 1.